The Balaban J connectivity index is 2.04. The van der Waals surface area contributed by atoms with Gasteiger partial charge in [-0.25, -0.2) is 0 Å². The Morgan fingerprint density at radius 2 is 1.85 bits per heavy atom. The summed E-state index contributed by atoms with van der Waals surface area (Å²) in [4.78, 5) is 23.3. The zero-order valence-electron chi connectivity index (χ0n) is 10.2. The summed E-state index contributed by atoms with van der Waals surface area (Å²) in [5, 5.41) is 8.84. The molecular weight excluding hydrogens is 305 g/mol. The maximum Gasteiger partial charge on any atom is 0.315 e. The van der Waals surface area contributed by atoms with Gasteiger partial charge in [-0.1, -0.05) is 28.4 Å². The van der Waals surface area contributed by atoms with Crippen molar-refractivity contribution in [2.45, 2.75) is 6.92 Å². The highest BCUT2D eigenvalue weighted by Gasteiger charge is 2.17. The van der Waals surface area contributed by atoms with E-state index in [9.17, 15) is 9.59 Å². The summed E-state index contributed by atoms with van der Waals surface area (Å²) >= 11 is 11.7. The predicted octanol–water partition coefficient (Wildman–Crippen LogP) is 2.87. The standard InChI is InChI=1S/C12H9Cl2N3O3/c1-6-4-10(17-20-6)16-12(19)11(18)15-9-5-7(13)2-3-8(9)14/h2-5H,1H3,(H,15,18)(H,16,17,19). The van der Waals surface area contributed by atoms with Gasteiger partial charge in [0.15, 0.2) is 5.82 Å². The van der Waals surface area contributed by atoms with Gasteiger partial charge in [0.05, 0.1) is 10.7 Å². The fourth-order valence-corrected chi connectivity index (χ4v) is 1.71. The molecule has 0 bridgehead atoms. The van der Waals surface area contributed by atoms with Gasteiger partial charge < -0.3 is 9.84 Å². The van der Waals surface area contributed by atoms with Crippen molar-refractivity contribution in [3.05, 3.63) is 40.1 Å². The Kier molecular flexibility index (Phi) is 4.26. The molecule has 2 N–H and O–H groups in total. The molecular formula is C12H9Cl2N3O3. The summed E-state index contributed by atoms with van der Waals surface area (Å²) < 4.78 is 4.76. The van der Waals surface area contributed by atoms with E-state index < -0.39 is 11.8 Å². The minimum atomic E-state index is -0.894. The number of hydrogen-bond acceptors (Lipinski definition) is 4. The van der Waals surface area contributed by atoms with Crippen molar-refractivity contribution >= 4 is 46.5 Å². The molecule has 8 heteroatoms. The van der Waals surface area contributed by atoms with Crippen LogP contribution in [0.1, 0.15) is 5.76 Å². The molecule has 1 aromatic carbocycles. The van der Waals surface area contributed by atoms with E-state index in [0.717, 1.165) is 0 Å². The van der Waals surface area contributed by atoms with Crippen LogP contribution < -0.4 is 10.6 Å². The van der Waals surface area contributed by atoms with E-state index >= 15 is 0 Å². The zero-order chi connectivity index (χ0) is 14.7. The van der Waals surface area contributed by atoms with Crippen LogP contribution in [0.4, 0.5) is 11.5 Å². The van der Waals surface area contributed by atoms with Gasteiger partial charge in [0, 0.05) is 11.1 Å². The van der Waals surface area contributed by atoms with Crippen molar-refractivity contribution in [2.24, 2.45) is 0 Å². The molecule has 0 fully saturated rings. The Bertz CT molecular complexity index is 670. The predicted molar refractivity (Wildman–Crippen MR) is 75.0 cm³/mol. The zero-order valence-corrected chi connectivity index (χ0v) is 11.7. The molecule has 6 nitrogen and oxygen atoms in total. The van der Waals surface area contributed by atoms with Crippen molar-refractivity contribution in [3.63, 3.8) is 0 Å². The van der Waals surface area contributed by atoms with Crippen LogP contribution in [0.3, 0.4) is 0 Å². The number of nitrogens with zero attached hydrogens (tertiary/aromatic N) is 1. The van der Waals surface area contributed by atoms with E-state index in [0.29, 0.717) is 10.8 Å². The lowest BCUT2D eigenvalue weighted by Gasteiger charge is -2.06. The third kappa shape index (κ3) is 3.49. The Morgan fingerprint density at radius 1 is 1.15 bits per heavy atom. The molecule has 0 unspecified atom stereocenters. The van der Waals surface area contributed by atoms with Crippen molar-refractivity contribution in [2.75, 3.05) is 10.6 Å². The summed E-state index contributed by atoms with van der Waals surface area (Å²) in [7, 11) is 0. The van der Waals surface area contributed by atoms with E-state index in [-0.39, 0.29) is 16.5 Å². The number of rotatable bonds is 2. The fourth-order valence-electron chi connectivity index (χ4n) is 1.37. The Labute approximate surface area is 124 Å². The van der Waals surface area contributed by atoms with Gasteiger partial charge in [0.2, 0.25) is 0 Å². The number of carbonyl (C=O) groups is 2. The number of amides is 2. The molecule has 0 aliphatic heterocycles. The van der Waals surface area contributed by atoms with Crippen molar-refractivity contribution < 1.29 is 14.1 Å². The van der Waals surface area contributed by atoms with Crippen LogP contribution >= 0.6 is 23.2 Å². The summed E-state index contributed by atoms with van der Waals surface area (Å²) in [5.41, 5.74) is 0.246. The molecule has 0 spiro atoms. The minimum absolute atomic E-state index is 0.153. The average Bonchev–Trinajstić information content (AvgIpc) is 2.79. The average molecular weight is 314 g/mol. The first-order valence-electron chi connectivity index (χ1n) is 5.46. The van der Waals surface area contributed by atoms with E-state index in [1.807, 2.05) is 0 Å². The van der Waals surface area contributed by atoms with Gasteiger partial charge >= 0.3 is 11.8 Å². The van der Waals surface area contributed by atoms with Gasteiger partial charge in [-0.3, -0.25) is 14.9 Å². The molecule has 0 aliphatic carbocycles. The van der Waals surface area contributed by atoms with E-state index in [4.69, 9.17) is 27.7 Å². The molecule has 0 saturated heterocycles. The molecule has 0 atom stereocenters. The molecule has 0 radical (unpaired) electrons. The van der Waals surface area contributed by atoms with Crippen molar-refractivity contribution in [1.82, 2.24) is 5.16 Å². The Morgan fingerprint density at radius 3 is 2.50 bits per heavy atom. The van der Waals surface area contributed by atoms with Crippen LogP contribution in [-0.2, 0) is 9.59 Å². The molecule has 2 amide bonds. The smallest absolute Gasteiger partial charge is 0.315 e. The van der Waals surface area contributed by atoms with E-state index in [1.165, 1.54) is 18.2 Å². The first kappa shape index (κ1) is 14.4. The van der Waals surface area contributed by atoms with Crippen LogP contribution in [0.5, 0.6) is 0 Å². The van der Waals surface area contributed by atoms with Gasteiger partial charge in [-0.15, -0.1) is 0 Å². The monoisotopic (exact) mass is 313 g/mol. The van der Waals surface area contributed by atoms with Crippen LogP contribution in [0, 0.1) is 6.92 Å². The summed E-state index contributed by atoms with van der Waals surface area (Å²) in [5.74, 6) is -1.12. The topological polar surface area (TPSA) is 84.2 Å². The summed E-state index contributed by atoms with van der Waals surface area (Å²) in [6.07, 6.45) is 0. The van der Waals surface area contributed by atoms with Crippen LogP contribution in [0.2, 0.25) is 10.0 Å². The van der Waals surface area contributed by atoms with Gasteiger partial charge in [0.25, 0.3) is 0 Å². The molecule has 1 heterocycles. The van der Waals surface area contributed by atoms with Crippen LogP contribution in [-0.4, -0.2) is 17.0 Å². The second-order valence-corrected chi connectivity index (χ2v) is 4.70. The molecule has 1 aromatic heterocycles. The van der Waals surface area contributed by atoms with Gasteiger partial charge in [-0.05, 0) is 25.1 Å². The van der Waals surface area contributed by atoms with Gasteiger partial charge in [0.1, 0.15) is 5.76 Å². The number of carbonyl (C=O) groups excluding carboxylic acids is 2. The lowest BCUT2D eigenvalue weighted by atomic mass is 10.3. The lowest BCUT2D eigenvalue weighted by Crippen LogP contribution is -2.29. The van der Waals surface area contributed by atoms with Gasteiger partial charge in [-0.2, -0.15) is 0 Å². The third-order valence-corrected chi connectivity index (χ3v) is 2.82. The van der Waals surface area contributed by atoms with Crippen LogP contribution in [0.25, 0.3) is 0 Å². The second kappa shape index (κ2) is 5.94. The number of aryl methyl sites for hydroxylation is 1. The lowest BCUT2D eigenvalue weighted by molar-refractivity contribution is -0.133. The normalized spacial score (nSPS) is 10.2. The molecule has 104 valence electrons. The second-order valence-electron chi connectivity index (χ2n) is 3.86. The SMILES string of the molecule is Cc1cc(NC(=O)C(=O)Nc2cc(Cl)ccc2Cl)no1. The quantitative estimate of drug-likeness (QED) is 0.835. The first-order valence-corrected chi connectivity index (χ1v) is 6.22. The highest BCUT2D eigenvalue weighted by atomic mass is 35.5. The number of hydrogen-bond donors (Lipinski definition) is 2. The molecule has 0 aliphatic rings. The fraction of sp³-hybridized carbons (Fsp3) is 0.0833. The van der Waals surface area contributed by atoms with E-state index in [2.05, 4.69) is 15.8 Å². The summed E-state index contributed by atoms with van der Waals surface area (Å²) in [6, 6.07) is 6.00. The molecule has 0 saturated carbocycles. The first-order chi connectivity index (χ1) is 9.45. The number of nitrogens with one attached hydrogen (secondary N) is 2. The number of anilines is 2. The highest BCUT2D eigenvalue weighted by molar-refractivity contribution is 6.45. The number of benzene rings is 1. The van der Waals surface area contributed by atoms with E-state index in [1.54, 1.807) is 13.0 Å². The summed E-state index contributed by atoms with van der Waals surface area (Å²) in [6.45, 7) is 1.66. The third-order valence-electron chi connectivity index (χ3n) is 2.25. The number of halogens is 2. The van der Waals surface area contributed by atoms with Crippen LogP contribution in [0.15, 0.2) is 28.8 Å². The highest BCUT2D eigenvalue weighted by Crippen LogP contribution is 2.25. The van der Waals surface area contributed by atoms with Crippen molar-refractivity contribution in [1.29, 1.82) is 0 Å². The maximum absolute atomic E-state index is 11.7. The Hall–Kier alpha value is -2.05. The molecule has 2 rings (SSSR count). The number of aromatic nitrogens is 1. The maximum atomic E-state index is 11.7. The molecule has 20 heavy (non-hydrogen) atoms. The molecule has 2 aromatic rings. The minimum Gasteiger partial charge on any atom is -0.360 e. The van der Waals surface area contributed by atoms with Crippen molar-refractivity contribution in [3.8, 4) is 0 Å². The largest absolute Gasteiger partial charge is 0.360 e.